The lowest BCUT2D eigenvalue weighted by Crippen LogP contribution is -2.26. The van der Waals surface area contributed by atoms with Gasteiger partial charge in [-0.2, -0.15) is 0 Å². The SMILES string of the molecule is C=C(C)[C@H]1Oc2cc(O)c(C(C)=O)cc2[C@H]1OC(=O)/C(=C\C)COC(C)=O. The lowest BCUT2D eigenvalue weighted by atomic mass is 9.98. The number of rotatable bonds is 6. The first-order chi connectivity index (χ1) is 12.6. The van der Waals surface area contributed by atoms with Crippen molar-refractivity contribution in [2.75, 3.05) is 6.61 Å². The smallest absolute Gasteiger partial charge is 0.337 e. The van der Waals surface area contributed by atoms with Gasteiger partial charge in [-0.3, -0.25) is 9.59 Å². The standard InChI is InChI=1S/C20H22O7/c1-6-13(9-25-12(5)22)20(24)27-19-15-7-14(11(4)21)16(23)8-17(15)26-18(19)10(2)3/h6-8,18-19,23H,2,9H2,1,3-5H3/b13-6-/t18-,19-/m1/s1. The van der Waals surface area contributed by atoms with E-state index in [-0.39, 0.29) is 29.3 Å². The van der Waals surface area contributed by atoms with Crippen LogP contribution >= 0.6 is 0 Å². The van der Waals surface area contributed by atoms with Crippen LogP contribution in [0, 0.1) is 0 Å². The maximum Gasteiger partial charge on any atom is 0.337 e. The third-order valence-corrected chi connectivity index (χ3v) is 4.10. The van der Waals surface area contributed by atoms with Crippen molar-refractivity contribution in [3.63, 3.8) is 0 Å². The van der Waals surface area contributed by atoms with Crippen LogP contribution in [0.4, 0.5) is 0 Å². The molecule has 0 amide bonds. The van der Waals surface area contributed by atoms with Gasteiger partial charge in [-0.15, -0.1) is 0 Å². The molecule has 27 heavy (non-hydrogen) atoms. The summed E-state index contributed by atoms with van der Waals surface area (Å²) in [6.45, 7) is 9.56. The second-order valence-electron chi connectivity index (χ2n) is 6.27. The van der Waals surface area contributed by atoms with Crippen molar-refractivity contribution < 1.29 is 33.7 Å². The topological polar surface area (TPSA) is 99.1 Å². The summed E-state index contributed by atoms with van der Waals surface area (Å²) in [6, 6.07) is 2.78. The van der Waals surface area contributed by atoms with Crippen molar-refractivity contribution >= 4 is 17.7 Å². The molecule has 0 bridgehead atoms. The Hall–Kier alpha value is -3.09. The summed E-state index contributed by atoms with van der Waals surface area (Å²) in [7, 11) is 0. The van der Waals surface area contributed by atoms with Crippen molar-refractivity contribution in [3.05, 3.63) is 47.1 Å². The van der Waals surface area contributed by atoms with Gasteiger partial charge in [0, 0.05) is 18.6 Å². The average molecular weight is 374 g/mol. The number of phenols is 1. The Kier molecular flexibility index (Phi) is 6.05. The molecule has 0 fully saturated rings. The molecule has 0 radical (unpaired) electrons. The molecular weight excluding hydrogens is 352 g/mol. The normalized spacial score (nSPS) is 18.3. The Morgan fingerprint density at radius 2 is 1.93 bits per heavy atom. The molecule has 1 aliphatic heterocycles. The largest absolute Gasteiger partial charge is 0.507 e. The minimum Gasteiger partial charge on any atom is -0.507 e. The van der Waals surface area contributed by atoms with Gasteiger partial charge >= 0.3 is 11.9 Å². The van der Waals surface area contributed by atoms with Crippen LogP contribution < -0.4 is 4.74 Å². The fraction of sp³-hybridized carbons (Fsp3) is 0.350. The Morgan fingerprint density at radius 1 is 1.26 bits per heavy atom. The highest BCUT2D eigenvalue weighted by atomic mass is 16.6. The van der Waals surface area contributed by atoms with Crippen molar-refractivity contribution in [1.82, 2.24) is 0 Å². The van der Waals surface area contributed by atoms with Crippen molar-refractivity contribution in [2.45, 2.75) is 39.9 Å². The van der Waals surface area contributed by atoms with E-state index < -0.39 is 24.1 Å². The van der Waals surface area contributed by atoms with Crippen LogP contribution in [0.15, 0.2) is 35.9 Å². The number of phenolic OH excluding ortho intramolecular Hbond substituents is 1. The van der Waals surface area contributed by atoms with Gasteiger partial charge < -0.3 is 19.3 Å². The first kappa shape index (κ1) is 20.2. The number of hydrogen-bond donors (Lipinski definition) is 1. The zero-order valence-corrected chi connectivity index (χ0v) is 15.7. The predicted molar refractivity (Wildman–Crippen MR) is 96.6 cm³/mol. The molecule has 2 rings (SSSR count). The van der Waals surface area contributed by atoms with Gasteiger partial charge in [-0.1, -0.05) is 12.7 Å². The van der Waals surface area contributed by atoms with E-state index in [2.05, 4.69) is 6.58 Å². The molecule has 7 nitrogen and oxygen atoms in total. The van der Waals surface area contributed by atoms with E-state index >= 15 is 0 Å². The third-order valence-electron chi connectivity index (χ3n) is 4.10. The van der Waals surface area contributed by atoms with Gasteiger partial charge in [0.05, 0.1) is 11.1 Å². The van der Waals surface area contributed by atoms with E-state index in [9.17, 15) is 19.5 Å². The number of Topliss-reactive ketones (excluding diaryl/α,β-unsaturated/α-hetero) is 1. The maximum atomic E-state index is 12.5. The fourth-order valence-electron chi connectivity index (χ4n) is 2.67. The van der Waals surface area contributed by atoms with Gasteiger partial charge in [0.2, 0.25) is 0 Å². The molecule has 0 unspecified atom stereocenters. The predicted octanol–water partition coefficient (Wildman–Crippen LogP) is 3.03. The van der Waals surface area contributed by atoms with Gasteiger partial charge in [0.25, 0.3) is 0 Å². The lowest BCUT2D eigenvalue weighted by Gasteiger charge is -2.20. The van der Waals surface area contributed by atoms with E-state index in [0.717, 1.165) is 0 Å². The summed E-state index contributed by atoms with van der Waals surface area (Å²) < 4.78 is 16.2. The fourth-order valence-corrected chi connectivity index (χ4v) is 2.67. The van der Waals surface area contributed by atoms with Gasteiger partial charge in [0.15, 0.2) is 18.0 Å². The van der Waals surface area contributed by atoms with E-state index in [4.69, 9.17) is 14.2 Å². The second-order valence-corrected chi connectivity index (χ2v) is 6.27. The molecule has 2 atom stereocenters. The second kappa shape index (κ2) is 8.07. The quantitative estimate of drug-likeness (QED) is 0.354. The van der Waals surface area contributed by atoms with Gasteiger partial charge in [-0.05, 0) is 32.4 Å². The lowest BCUT2D eigenvalue weighted by molar-refractivity contribution is -0.148. The van der Waals surface area contributed by atoms with E-state index in [1.165, 1.54) is 32.1 Å². The third kappa shape index (κ3) is 4.36. The van der Waals surface area contributed by atoms with Crippen LogP contribution in [0.25, 0.3) is 0 Å². The molecular formula is C20H22O7. The highest BCUT2D eigenvalue weighted by Gasteiger charge is 2.39. The van der Waals surface area contributed by atoms with Crippen LogP contribution in [0.2, 0.25) is 0 Å². The van der Waals surface area contributed by atoms with Crippen LogP contribution in [-0.4, -0.2) is 35.5 Å². The number of benzene rings is 1. The number of ketones is 1. The highest BCUT2D eigenvalue weighted by Crippen LogP contribution is 2.44. The molecule has 0 saturated heterocycles. The van der Waals surface area contributed by atoms with Crippen LogP contribution in [0.5, 0.6) is 11.5 Å². The number of hydrogen-bond acceptors (Lipinski definition) is 7. The molecule has 0 saturated carbocycles. The molecule has 1 aromatic carbocycles. The summed E-state index contributed by atoms with van der Waals surface area (Å²) in [5, 5.41) is 10.00. The van der Waals surface area contributed by atoms with Crippen molar-refractivity contribution in [3.8, 4) is 11.5 Å². The Balaban J connectivity index is 2.35. The van der Waals surface area contributed by atoms with Gasteiger partial charge in [-0.25, -0.2) is 4.79 Å². The van der Waals surface area contributed by atoms with E-state index in [1.807, 2.05) is 0 Å². The zero-order valence-electron chi connectivity index (χ0n) is 15.7. The van der Waals surface area contributed by atoms with Gasteiger partial charge in [0.1, 0.15) is 18.1 Å². The molecule has 0 aliphatic carbocycles. The Morgan fingerprint density at radius 3 is 2.44 bits per heavy atom. The monoisotopic (exact) mass is 374 g/mol. The molecule has 1 heterocycles. The van der Waals surface area contributed by atoms with E-state index in [1.54, 1.807) is 13.8 Å². The first-order valence-corrected chi connectivity index (χ1v) is 8.35. The van der Waals surface area contributed by atoms with Crippen LogP contribution in [0.1, 0.15) is 49.7 Å². The van der Waals surface area contributed by atoms with Crippen LogP contribution in [0.3, 0.4) is 0 Å². The number of aromatic hydroxyl groups is 1. The maximum absolute atomic E-state index is 12.5. The number of carbonyl (C=O) groups excluding carboxylic acids is 3. The number of allylic oxidation sites excluding steroid dienone is 1. The number of esters is 2. The van der Waals surface area contributed by atoms with E-state index in [0.29, 0.717) is 16.9 Å². The summed E-state index contributed by atoms with van der Waals surface area (Å²) >= 11 is 0. The molecule has 0 aromatic heterocycles. The average Bonchev–Trinajstić information content (AvgIpc) is 2.91. The minimum absolute atomic E-state index is 0.104. The molecule has 7 heteroatoms. The summed E-state index contributed by atoms with van der Waals surface area (Å²) in [6.07, 6.45) is -0.0244. The molecule has 1 aliphatic rings. The minimum atomic E-state index is -0.851. The molecule has 0 spiro atoms. The Bertz CT molecular complexity index is 835. The van der Waals surface area contributed by atoms with Crippen LogP contribution in [-0.2, 0) is 19.1 Å². The first-order valence-electron chi connectivity index (χ1n) is 8.35. The number of fused-ring (bicyclic) bond motifs is 1. The molecule has 144 valence electrons. The zero-order chi connectivity index (χ0) is 20.3. The summed E-state index contributed by atoms with van der Waals surface area (Å²) in [5.41, 5.74) is 1.34. The van der Waals surface area contributed by atoms with Crippen molar-refractivity contribution in [2.24, 2.45) is 0 Å². The number of carbonyl (C=O) groups is 3. The summed E-state index contributed by atoms with van der Waals surface area (Å²) in [5.74, 6) is -1.42. The molecule has 1 N–H and O–H groups in total. The summed E-state index contributed by atoms with van der Waals surface area (Å²) in [4.78, 5) is 35.2. The van der Waals surface area contributed by atoms with Crippen molar-refractivity contribution in [1.29, 1.82) is 0 Å². The molecule has 1 aromatic rings. The number of ether oxygens (including phenoxy) is 3. The highest BCUT2D eigenvalue weighted by molar-refractivity contribution is 5.97. The Labute approximate surface area is 157 Å².